The van der Waals surface area contributed by atoms with Gasteiger partial charge in [-0.05, 0) is 42.1 Å². The maximum atomic E-state index is 12.7. The molecule has 0 saturated heterocycles. The Kier molecular flexibility index (Phi) is 4.85. The zero-order valence-electron chi connectivity index (χ0n) is 15.3. The van der Waals surface area contributed by atoms with Crippen LogP contribution in [0.15, 0.2) is 41.1 Å². The summed E-state index contributed by atoms with van der Waals surface area (Å²) in [5.74, 6) is 1.44. The van der Waals surface area contributed by atoms with Crippen LogP contribution in [0.5, 0.6) is 11.5 Å². The topological polar surface area (TPSA) is 56.6 Å². The van der Waals surface area contributed by atoms with Gasteiger partial charge in [0.1, 0.15) is 0 Å². The highest BCUT2D eigenvalue weighted by Gasteiger charge is 2.22. The molecule has 0 unspecified atom stereocenters. The molecule has 2 aromatic heterocycles. The van der Waals surface area contributed by atoms with Crippen molar-refractivity contribution in [2.24, 2.45) is 0 Å². The third kappa shape index (κ3) is 3.42. The van der Waals surface area contributed by atoms with Crippen molar-refractivity contribution in [1.82, 2.24) is 14.7 Å². The van der Waals surface area contributed by atoms with E-state index in [4.69, 9.17) is 14.6 Å². The molecule has 0 saturated carbocycles. The molecule has 0 aliphatic carbocycles. The van der Waals surface area contributed by atoms with Gasteiger partial charge in [-0.1, -0.05) is 0 Å². The highest BCUT2D eigenvalue weighted by atomic mass is 32.1. The summed E-state index contributed by atoms with van der Waals surface area (Å²) in [7, 11) is 3.24. The number of thiophene rings is 1. The normalized spacial score (nSPS) is 13.8. The minimum atomic E-state index is 0.0820. The van der Waals surface area contributed by atoms with Gasteiger partial charge in [0.05, 0.1) is 37.7 Å². The first kappa shape index (κ1) is 17.6. The Bertz CT molecular complexity index is 950. The van der Waals surface area contributed by atoms with Crippen molar-refractivity contribution < 1.29 is 14.3 Å². The van der Waals surface area contributed by atoms with E-state index in [0.717, 1.165) is 42.0 Å². The van der Waals surface area contributed by atoms with Gasteiger partial charge in [-0.2, -0.15) is 16.4 Å². The number of nitrogens with zero attached hydrogens (tertiary/aromatic N) is 3. The average molecular weight is 383 g/mol. The first-order chi connectivity index (χ1) is 13.2. The van der Waals surface area contributed by atoms with Crippen molar-refractivity contribution in [1.29, 1.82) is 0 Å². The van der Waals surface area contributed by atoms with E-state index in [9.17, 15) is 4.79 Å². The lowest BCUT2D eigenvalue weighted by Crippen LogP contribution is -2.30. The summed E-state index contributed by atoms with van der Waals surface area (Å²) in [5.41, 5.74) is 3.63. The van der Waals surface area contributed by atoms with Crippen LogP contribution in [0.1, 0.15) is 22.5 Å². The molecule has 1 aliphatic heterocycles. The molecule has 4 rings (SSSR count). The third-order valence-electron chi connectivity index (χ3n) is 4.75. The van der Waals surface area contributed by atoms with Crippen LogP contribution in [0.2, 0.25) is 0 Å². The number of amides is 1. The van der Waals surface area contributed by atoms with Gasteiger partial charge in [0.15, 0.2) is 11.5 Å². The Morgan fingerprint density at radius 1 is 1.11 bits per heavy atom. The number of hydrogen-bond acceptors (Lipinski definition) is 5. The Labute approximate surface area is 161 Å². The third-order valence-corrected chi connectivity index (χ3v) is 5.43. The van der Waals surface area contributed by atoms with Crippen molar-refractivity contribution >= 4 is 17.2 Å². The minimum absolute atomic E-state index is 0.0820. The molecular formula is C20H21N3O3S. The average Bonchev–Trinajstić information content (AvgIpc) is 3.33. The number of hydrogen-bond donors (Lipinski definition) is 0. The van der Waals surface area contributed by atoms with Crippen LogP contribution in [0.4, 0.5) is 0 Å². The number of fused-ring (bicyclic) bond motifs is 1. The number of rotatable bonds is 4. The van der Waals surface area contributed by atoms with Gasteiger partial charge in [-0.15, -0.1) is 0 Å². The monoisotopic (exact) mass is 383 g/mol. The Balaban J connectivity index is 1.62. The molecule has 0 radical (unpaired) electrons. The van der Waals surface area contributed by atoms with Crippen LogP contribution in [-0.2, 0) is 13.1 Å². The molecule has 1 aromatic carbocycles. The van der Waals surface area contributed by atoms with E-state index in [0.29, 0.717) is 18.0 Å². The van der Waals surface area contributed by atoms with Crippen LogP contribution in [-0.4, -0.2) is 41.4 Å². The van der Waals surface area contributed by atoms with Gasteiger partial charge in [0, 0.05) is 24.0 Å². The second kappa shape index (κ2) is 7.44. The highest BCUT2D eigenvalue weighted by Crippen LogP contribution is 2.32. The van der Waals surface area contributed by atoms with Crippen molar-refractivity contribution in [3.63, 3.8) is 0 Å². The molecule has 1 aliphatic rings. The van der Waals surface area contributed by atoms with Gasteiger partial charge in [0.2, 0.25) is 0 Å². The zero-order valence-corrected chi connectivity index (χ0v) is 16.2. The molecule has 1 amide bonds. The predicted molar refractivity (Wildman–Crippen MR) is 104 cm³/mol. The largest absolute Gasteiger partial charge is 0.493 e. The predicted octanol–water partition coefficient (Wildman–Crippen LogP) is 3.67. The zero-order chi connectivity index (χ0) is 18.8. The van der Waals surface area contributed by atoms with Crippen LogP contribution in [0, 0.1) is 0 Å². The van der Waals surface area contributed by atoms with Gasteiger partial charge >= 0.3 is 0 Å². The Hall–Kier alpha value is -2.80. The minimum Gasteiger partial charge on any atom is -0.493 e. The number of carbonyl (C=O) groups excluding carboxylic acids is 1. The molecule has 0 spiro atoms. The van der Waals surface area contributed by atoms with E-state index in [1.807, 2.05) is 44.6 Å². The molecule has 6 nitrogen and oxygen atoms in total. The fraction of sp³-hybridized carbons (Fsp3) is 0.300. The maximum absolute atomic E-state index is 12.7. The van der Waals surface area contributed by atoms with Crippen LogP contribution in [0.25, 0.3) is 11.3 Å². The van der Waals surface area contributed by atoms with Crippen molar-refractivity contribution in [2.45, 2.75) is 19.5 Å². The van der Waals surface area contributed by atoms with E-state index < -0.39 is 0 Å². The lowest BCUT2D eigenvalue weighted by Gasteiger charge is -2.19. The number of aryl methyl sites for hydroxylation is 1. The Morgan fingerprint density at radius 2 is 1.96 bits per heavy atom. The van der Waals surface area contributed by atoms with Gasteiger partial charge in [-0.3, -0.25) is 9.48 Å². The fourth-order valence-corrected chi connectivity index (χ4v) is 3.97. The molecule has 7 heteroatoms. The van der Waals surface area contributed by atoms with Crippen LogP contribution in [0.3, 0.4) is 0 Å². The summed E-state index contributed by atoms with van der Waals surface area (Å²) in [4.78, 5) is 14.6. The maximum Gasteiger partial charge on any atom is 0.255 e. The molecule has 27 heavy (non-hydrogen) atoms. The van der Waals surface area contributed by atoms with Gasteiger partial charge in [0.25, 0.3) is 5.91 Å². The second-order valence-electron chi connectivity index (χ2n) is 6.41. The smallest absolute Gasteiger partial charge is 0.255 e. The molecule has 0 fully saturated rings. The quantitative estimate of drug-likeness (QED) is 0.690. The van der Waals surface area contributed by atoms with Crippen molar-refractivity contribution in [3.05, 3.63) is 52.3 Å². The molecule has 0 atom stereocenters. The van der Waals surface area contributed by atoms with E-state index in [2.05, 4.69) is 6.07 Å². The number of aromatic nitrogens is 2. The molecule has 0 N–H and O–H groups in total. The molecule has 0 bridgehead atoms. The summed E-state index contributed by atoms with van der Waals surface area (Å²) in [6, 6.07) is 9.71. The number of carbonyl (C=O) groups is 1. The highest BCUT2D eigenvalue weighted by molar-refractivity contribution is 7.08. The summed E-state index contributed by atoms with van der Waals surface area (Å²) < 4.78 is 12.7. The van der Waals surface area contributed by atoms with E-state index in [1.54, 1.807) is 25.6 Å². The van der Waals surface area contributed by atoms with Gasteiger partial charge < -0.3 is 14.4 Å². The Morgan fingerprint density at radius 3 is 2.70 bits per heavy atom. The standard InChI is InChI=1S/C20H21N3O3S/c1-25-18-5-4-14(10-19(18)26-2)17-11-16-12-22(7-3-8-23(16)21-17)20(24)15-6-9-27-13-15/h4-6,9-11,13H,3,7-8,12H2,1-2H3. The number of benzene rings is 1. The number of ether oxygens (including phenoxy) is 2. The first-order valence-corrected chi connectivity index (χ1v) is 9.74. The van der Waals surface area contributed by atoms with Crippen molar-refractivity contribution in [2.75, 3.05) is 20.8 Å². The molecule has 140 valence electrons. The summed E-state index contributed by atoms with van der Waals surface area (Å²) >= 11 is 1.54. The fourth-order valence-electron chi connectivity index (χ4n) is 3.34. The van der Waals surface area contributed by atoms with Crippen LogP contribution >= 0.6 is 11.3 Å². The van der Waals surface area contributed by atoms with Crippen LogP contribution < -0.4 is 9.47 Å². The summed E-state index contributed by atoms with van der Waals surface area (Å²) in [6.45, 7) is 2.11. The lowest BCUT2D eigenvalue weighted by atomic mass is 10.1. The van der Waals surface area contributed by atoms with Crippen molar-refractivity contribution in [3.8, 4) is 22.8 Å². The summed E-state index contributed by atoms with van der Waals surface area (Å²) in [5, 5.41) is 8.59. The number of methoxy groups -OCH3 is 2. The van der Waals surface area contributed by atoms with E-state index >= 15 is 0 Å². The van der Waals surface area contributed by atoms with E-state index in [-0.39, 0.29) is 5.91 Å². The summed E-state index contributed by atoms with van der Waals surface area (Å²) in [6.07, 6.45) is 0.885. The van der Waals surface area contributed by atoms with Gasteiger partial charge in [-0.25, -0.2) is 0 Å². The lowest BCUT2D eigenvalue weighted by molar-refractivity contribution is 0.0746. The second-order valence-corrected chi connectivity index (χ2v) is 7.19. The van der Waals surface area contributed by atoms with E-state index in [1.165, 1.54) is 0 Å². The first-order valence-electron chi connectivity index (χ1n) is 8.80. The molecular weight excluding hydrogens is 362 g/mol. The molecule has 3 aromatic rings. The SMILES string of the molecule is COc1ccc(-c2cc3n(n2)CCCN(C(=O)c2ccsc2)C3)cc1OC. The molecule has 3 heterocycles.